The lowest BCUT2D eigenvalue weighted by Gasteiger charge is -2.24. The summed E-state index contributed by atoms with van der Waals surface area (Å²) >= 11 is 0. The highest BCUT2D eigenvalue weighted by molar-refractivity contribution is 5.94. The molecule has 0 radical (unpaired) electrons. The summed E-state index contributed by atoms with van der Waals surface area (Å²) in [6.45, 7) is 3.47. The lowest BCUT2D eigenvalue weighted by molar-refractivity contribution is 0.0806. The van der Waals surface area contributed by atoms with Crippen molar-refractivity contribution >= 4 is 16.6 Å². The summed E-state index contributed by atoms with van der Waals surface area (Å²) < 4.78 is 16.3. The van der Waals surface area contributed by atoms with Gasteiger partial charge in [-0.05, 0) is 23.6 Å². The lowest BCUT2D eigenvalue weighted by Crippen LogP contribution is -2.45. The Hall–Kier alpha value is -2.05. The molecule has 0 amide bonds. The van der Waals surface area contributed by atoms with E-state index >= 15 is 0 Å². The molecule has 1 aromatic carbocycles. The van der Waals surface area contributed by atoms with Crippen LogP contribution in [0.1, 0.15) is 0 Å². The monoisotopic (exact) mass is 287 g/mol. The van der Waals surface area contributed by atoms with Crippen molar-refractivity contribution in [3.63, 3.8) is 0 Å². The molecule has 110 valence electrons. The van der Waals surface area contributed by atoms with Crippen LogP contribution in [-0.2, 0) is 4.74 Å². The molecule has 1 atom stereocenters. The molecule has 6 heteroatoms. The number of hydrogen-bond donors (Lipinski definition) is 2. The number of morpholine rings is 1. The molecule has 1 unspecified atom stereocenters. The van der Waals surface area contributed by atoms with E-state index in [2.05, 4.69) is 15.6 Å². The van der Waals surface area contributed by atoms with Gasteiger partial charge in [0.05, 0.1) is 13.2 Å². The Morgan fingerprint density at radius 1 is 1.29 bits per heavy atom. The fourth-order valence-corrected chi connectivity index (χ4v) is 2.67. The summed E-state index contributed by atoms with van der Waals surface area (Å²) in [4.78, 5) is 4.44. The molecular formula is C15H17N3O3. The van der Waals surface area contributed by atoms with Crippen LogP contribution in [0.15, 0.2) is 24.4 Å². The second-order valence-corrected chi connectivity index (χ2v) is 5.19. The number of aromatic nitrogens is 1. The number of fused-ring (bicyclic) bond motifs is 2. The summed E-state index contributed by atoms with van der Waals surface area (Å²) in [5.41, 5.74) is 0. The molecule has 0 saturated carbocycles. The molecule has 1 fully saturated rings. The fourth-order valence-electron chi connectivity index (χ4n) is 2.67. The van der Waals surface area contributed by atoms with Crippen LogP contribution in [0.25, 0.3) is 10.8 Å². The Labute approximate surface area is 122 Å². The van der Waals surface area contributed by atoms with Gasteiger partial charge in [0.1, 0.15) is 5.82 Å². The van der Waals surface area contributed by atoms with Crippen molar-refractivity contribution in [3.8, 4) is 11.5 Å². The van der Waals surface area contributed by atoms with Crippen LogP contribution < -0.4 is 20.1 Å². The number of pyridine rings is 1. The number of hydrogen-bond acceptors (Lipinski definition) is 6. The number of ether oxygens (including phenoxy) is 3. The zero-order chi connectivity index (χ0) is 14.1. The molecule has 3 heterocycles. The van der Waals surface area contributed by atoms with Gasteiger partial charge in [0.2, 0.25) is 6.79 Å². The lowest BCUT2D eigenvalue weighted by atomic mass is 10.1. The van der Waals surface area contributed by atoms with E-state index in [1.54, 1.807) is 6.20 Å². The summed E-state index contributed by atoms with van der Waals surface area (Å²) in [6, 6.07) is 6.26. The van der Waals surface area contributed by atoms with Crippen LogP contribution in [0.4, 0.5) is 5.82 Å². The first-order valence-electron chi connectivity index (χ1n) is 7.13. The van der Waals surface area contributed by atoms with Gasteiger partial charge in [0, 0.05) is 30.7 Å². The predicted octanol–water partition coefficient (Wildman–Crippen LogP) is 1.36. The van der Waals surface area contributed by atoms with Crippen molar-refractivity contribution in [1.29, 1.82) is 0 Å². The van der Waals surface area contributed by atoms with Gasteiger partial charge in [-0.25, -0.2) is 4.98 Å². The highest BCUT2D eigenvalue weighted by Crippen LogP contribution is 2.37. The number of rotatable bonds is 3. The molecule has 0 aliphatic carbocycles. The van der Waals surface area contributed by atoms with E-state index in [1.165, 1.54) is 0 Å². The van der Waals surface area contributed by atoms with Gasteiger partial charge in [0.25, 0.3) is 0 Å². The van der Waals surface area contributed by atoms with E-state index in [9.17, 15) is 0 Å². The molecule has 21 heavy (non-hydrogen) atoms. The molecule has 2 aliphatic heterocycles. The third-order valence-corrected chi connectivity index (χ3v) is 3.77. The van der Waals surface area contributed by atoms with Gasteiger partial charge in [-0.3, -0.25) is 0 Å². The van der Waals surface area contributed by atoms with Crippen LogP contribution in [-0.4, -0.2) is 44.1 Å². The van der Waals surface area contributed by atoms with E-state index < -0.39 is 0 Å². The van der Waals surface area contributed by atoms with Gasteiger partial charge in [-0.2, -0.15) is 0 Å². The topological polar surface area (TPSA) is 64.6 Å². The molecule has 6 nitrogen and oxygen atoms in total. The van der Waals surface area contributed by atoms with Crippen LogP contribution in [0, 0.1) is 0 Å². The largest absolute Gasteiger partial charge is 0.454 e. The van der Waals surface area contributed by atoms with Gasteiger partial charge in [-0.15, -0.1) is 0 Å². The van der Waals surface area contributed by atoms with E-state index in [1.807, 2.05) is 18.2 Å². The third-order valence-electron chi connectivity index (χ3n) is 3.77. The summed E-state index contributed by atoms with van der Waals surface area (Å²) in [6.07, 6.45) is 1.80. The van der Waals surface area contributed by atoms with Crippen molar-refractivity contribution in [3.05, 3.63) is 24.4 Å². The minimum absolute atomic E-state index is 0.283. The molecule has 4 rings (SSSR count). The van der Waals surface area contributed by atoms with Crippen LogP contribution >= 0.6 is 0 Å². The predicted molar refractivity (Wildman–Crippen MR) is 79.0 cm³/mol. The SMILES string of the molecule is c1cc2cc3c(cc2c(NCC2COCCN2)n1)OCO3. The van der Waals surface area contributed by atoms with Crippen molar-refractivity contribution < 1.29 is 14.2 Å². The zero-order valence-corrected chi connectivity index (χ0v) is 11.6. The molecule has 1 saturated heterocycles. The Morgan fingerprint density at radius 3 is 3.05 bits per heavy atom. The highest BCUT2D eigenvalue weighted by atomic mass is 16.7. The van der Waals surface area contributed by atoms with E-state index in [4.69, 9.17) is 14.2 Å². The quantitative estimate of drug-likeness (QED) is 0.889. The fraction of sp³-hybridized carbons (Fsp3) is 0.400. The maximum absolute atomic E-state index is 5.46. The Kier molecular flexibility index (Phi) is 3.25. The first-order valence-corrected chi connectivity index (χ1v) is 7.13. The smallest absolute Gasteiger partial charge is 0.231 e. The number of nitrogens with one attached hydrogen (secondary N) is 2. The number of anilines is 1. The second-order valence-electron chi connectivity index (χ2n) is 5.19. The average Bonchev–Trinajstić information content (AvgIpc) is 2.99. The van der Waals surface area contributed by atoms with E-state index in [0.29, 0.717) is 6.04 Å². The summed E-state index contributed by atoms with van der Waals surface area (Å²) in [7, 11) is 0. The zero-order valence-electron chi connectivity index (χ0n) is 11.6. The minimum Gasteiger partial charge on any atom is -0.454 e. The third kappa shape index (κ3) is 2.48. The Balaban J connectivity index is 1.59. The maximum Gasteiger partial charge on any atom is 0.231 e. The van der Waals surface area contributed by atoms with Crippen molar-refractivity contribution in [2.24, 2.45) is 0 Å². The summed E-state index contributed by atoms with van der Waals surface area (Å²) in [5.74, 6) is 2.43. The van der Waals surface area contributed by atoms with Gasteiger partial charge in [-0.1, -0.05) is 0 Å². The molecule has 2 aromatic rings. The van der Waals surface area contributed by atoms with Gasteiger partial charge < -0.3 is 24.8 Å². The number of benzene rings is 1. The first-order chi connectivity index (χ1) is 10.4. The van der Waals surface area contributed by atoms with Crippen LogP contribution in [0.5, 0.6) is 11.5 Å². The van der Waals surface area contributed by atoms with Gasteiger partial charge >= 0.3 is 0 Å². The first kappa shape index (κ1) is 12.7. The van der Waals surface area contributed by atoms with E-state index in [0.717, 1.165) is 54.4 Å². The van der Waals surface area contributed by atoms with Crippen LogP contribution in [0.3, 0.4) is 0 Å². The highest BCUT2D eigenvalue weighted by Gasteiger charge is 2.17. The summed E-state index contributed by atoms with van der Waals surface area (Å²) in [5, 5.41) is 8.95. The minimum atomic E-state index is 0.283. The standard InChI is InChI=1S/C15H17N3O3/c1-2-17-15(18-7-11-8-19-4-3-16-11)12-6-14-13(5-10(1)12)20-9-21-14/h1-2,5-6,11,16H,3-4,7-9H2,(H,17,18). The van der Waals surface area contributed by atoms with Crippen molar-refractivity contribution in [2.75, 3.05) is 38.4 Å². The maximum atomic E-state index is 5.46. The van der Waals surface area contributed by atoms with Crippen LogP contribution in [0.2, 0.25) is 0 Å². The van der Waals surface area contributed by atoms with Crippen molar-refractivity contribution in [1.82, 2.24) is 10.3 Å². The van der Waals surface area contributed by atoms with E-state index in [-0.39, 0.29) is 6.79 Å². The molecule has 0 spiro atoms. The Bertz CT molecular complexity index is 656. The number of nitrogens with zero attached hydrogens (tertiary/aromatic N) is 1. The Morgan fingerprint density at radius 2 is 2.19 bits per heavy atom. The molecular weight excluding hydrogens is 270 g/mol. The van der Waals surface area contributed by atoms with Crippen molar-refractivity contribution in [2.45, 2.75) is 6.04 Å². The molecule has 2 N–H and O–H groups in total. The molecule has 2 aliphatic rings. The normalized spacial score (nSPS) is 20.7. The second kappa shape index (κ2) is 5.38. The molecule has 1 aromatic heterocycles. The average molecular weight is 287 g/mol. The molecule has 0 bridgehead atoms. The van der Waals surface area contributed by atoms with Gasteiger partial charge in [0.15, 0.2) is 11.5 Å².